The lowest BCUT2D eigenvalue weighted by atomic mass is 10.3. The van der Waals surface area contributed by atoms with Gasteiger partial charge in [-0.3, -0.25) is 0 Å². The third kappa shape index (κ3) is 3.23. The monoisotopic (exact) mass is 323 g/mol. The molecular formula is C11H6Cl2F3N3O. The number of carbonyl (C=O) groups is 1. The van der Waals surface area contributed by atoms with Gasteiger partial charge in [-0.1, -0.05) is 23.2 Å². The van der Waals surface area contributed by atoms with Crippen LogP contribution < -0.4 is 5.32 Å². The Balaban J connectivity index is 2.16. The molecule has 2 rings (SSSR count). The molecule has 0 fully saturated rings. The Morgan fingerprint density at radius 3 is 2.45 bits per heavy atom. The summed E-state index contributed by atoms with van der Waals surface area (Å²) in [5.41, 5.74) is -0.866. The summed E-state index contributed by atoms with van der Waals surface area (Å²) in [7, 11) is 0. The van der Waals surface area contributed by atoms with Crippen LogP contribution in [0.3, 0.4) is 0 Å². The molecule has 9 heteroatoms. The minimum atomic E-state index is -4.60. The highest BCUT2D eigenvalue weighted by molar-refractivity contribution is 6.42. The molecule has 0 aliphatic heterocycles. The lowest BCUT2D eigenvalue weighted by Crippen LogP contribution is -2.21. The van der Waals surface area contributed by atoms with Crippen LogP contribution in [0.15, 0.2) is 30.5 Å². The number of amides is 1. The Morgan fingerprint density at radius 1 is 1.20 bits per heavy atom. The largest absolute Gasteiger partial charge is 0.435 e. The summed E-state index contributed by atoms with van der Waals surface area (Å²) in [4.78, 5) is 11.7. The van der Waals surface area contributed by atoms with Crippen molar-refractivity contribution in [3.05, 3.63) is 46.2 Å². The van der Waals surface area contributed by atoms with Crippen molar-refractivity contribution in [2.45, 2.75) is 6.18 Å². The number of alkyl halides is 3. The molecule has 1 amide bonds. The van der Waals surface area contributed by atoms with Gasteiger partial charge in [0.2, 0.25) is 0 Å². The first-order chi connectivity index (χ1) is 9.27. The van der Waals surface area contributed by atoms with Crippen molar-refractivity contribution in [3.63, 3.8) is 0 Å². The number of hydrogen-bond donors (Lipinski definition) is 1. The van der Waals surface area contributed by atoms with Gasteiger partial charge in [-0.15, -0.1) is 0 Å². The molecule has 0 atom stereocenters. The van der Waals surface area contributed by atoms with E-state index >= 15 is 0 Å². The minimum absolute atomic E-state index is 0.209. The van der Waals surface area contributed by atoms with Crippen LogP contribution >= 0.6 is 23.2 Å². The molecule has 1 heterocycles. The Hall–Kier alpha value is -1.73. The second kappa shape index (κ2) is 5.34. The van der Waals surface area contributed by atoms with Crippen LogP contribution in [0.25, 0.3) is 0 Å². The highest BCUT2D eigenvalue weighted by atomic mass is 35.5. The molecule has 0 saturated heterocycles. The van der Waals surface area contributed by atoms with Gasteiger partial charge in [-0.05, 0) is 24.3 Å². The third-order valence-electron chi connectivity index (χ3n) is 2.26. The maximum atomic E-state index is 12.3. The molecule has 0 radical (unpaired) electrons. The molecule has 1 N–H and O–H groups in total. The third-order valence-corrected chi connectivity index (χ3v) is 3.00. The molecule has 1 aromatic heterocycles. The summed E-state index contributed by atoms with van der Waals surface area (Å²) in [6.07, 6.45) is -3.69. The number of nitrogens with one attached hydrogen (secondary N) is 1. The number of benzene rings is 1. The molecule has 106 valence electrons. The SMILES string of the molecule is O=C(Nc1ccc(Cl)c(Cl)c1)n1ccc(C(F)(F)F)n1. The number of anilines is 1. The lowest BCUT2D eigenvalue weighted by molar-refractivity contribution is -0.141. The topological polar surface area (TPSA) is 46.9 Å². The minimum Gasteiger partial charge on any atom is -0.306 e. The van der Waals surface area contributed by atoms with Gasteiger partial charge in [-0.25, -0.2) is 4.79 Å². The first-order valence-electron chi connectivity index (χ1n) is 5.16. The smallest absolute Gasteiger partial charge is 0.306 e. The van der Waals surface area contributed by atoms with Crippen molar-refractivity contribution in [2.24, 2.45) is 0 Å². The fraction of sp³-hybridized carbons (Fsp3) is 0.0909. The van der Waals surface area contributed by atoms with Crippen LogP contribution in [0.2, 0.25) is 10.0 Å². The maximum Gasteiger partial charge on any atom is 0.435 e. The predicted octanol–water partition coefficient (Wildman–Crippen LogP) is 4.29. The van der Waals surface area contributed by atoms with Gasteiger partial charge in [0.1, 0.15) is 0 Å². The van der Waals surface area contributed by atoms with Crippen molar-refractivity contribution in [2.75, 3.05) is 5.32 Å². The van der Waals surface area contributed by atoms with E-state index in [1.165, 1.54) is 18.2 Å². The zero-order valence-electron chi connectivity index (χ0n) is 9.58. The molecule has 4 nitrogen and oxygen atoms in total. The number of rotatable bonds is 1. The number of aromatic nitrogens is 2. The predicted molar refractivity (Wildman–Crippen MR) is 68.1 cm³/mol. The van der Waals surface area contributed by atoms with E-state index in [0.717, 1.165) is 6.20 Å². The molecular weight excluding hydrogens is 318 g/mol. The normalized spacial score (nSPS) is 11.4. The second-order valence-corrected chi connectivity index (χ2v) is 4.52. The van der Waals surface area contributed by atoms with Gasteiger partial charge in [0.05, 0.1) is 10.0 Å². The highest BCUT2D eigenvalue weighted by Gasteiger charge is 2.34. The van der Waals surface area contributed by atoms with E-state index in [9.17, 15) is 18.0 Å². The number of carbonyl (C=O) groups excluding carboxylic acids is 1. The molecule has 20 heavy (non-hydrogen) atoms. The summed E-state index contributed by atoms with van der Waals surface area (Å²) in [5, 5.41) is 5.98. The van der Waals surface area contributed by atoms with Gasteiger partial charge in [0, 0.05) is 11.9 Å². The molecule has 0 unspecified atom stereocenters. The summed E-state index contributed by atoms with van der Waals surface area (Å²) in [5.74, 6) is 0. The van der Waals surface area contributed by atoms with E-state index < -0.39 is 17.9 Å². The van der Waals surface area contributed by atoms with Gasteiger partial charge in [0.25, 0.3) is 0 Å². The summed E-state index contributed by atoms with van der Waals surface area (Å²) < 4.78 is 37.6. The van der Waals surface area contributed by atoms with Crippen LogP contribution in [-0.2, 0) is 6.18 Å². The Kier molecular flexibility index (Phi) is 3.92. The summed E-state index contributed by atoms with van der Waals surface area (Å²) >= 11 is 11.5. The van der Waals surface area contributed by atoms with Crippen molar-refractivity contribution < 1.29 is 18.0 Å². The standard InChI is InChI=1S/C11H6Cl2F3N3O/c12-7-2-1-6(5-8(7)13)17-10(20)19-4-3-9(18-19)11(14,15)16/h1-5H,(H,17,20). The molecule has 2 aromatic rings. The molecule has 0 aliphatic rings. The van der Waals surface area contributed by atoms with Gasteiger partial charge in [-0.2, -0.15) is 23.0 Å². The van der Waals surface area contributed by atoms with Crippen LogP contribution in [0.5, 0.6) is 0 Å². The maximum absolute atomic E-state index is 12.3. The van der Waals surface area contributed by atoms with Crippen LogP contribution in [0.1, 0.15) is 5.69 Å². The summed E-state index contributed by atoms with van der Waals surface area (Å²) in [6.45, 7) is 0. The van der Waals surface area contributed by atoms with E-state index in [4.69, 9.17) is 23.2 Å². The zero-order chi connectivity index (χ0) is 14.9. The highest BCUT2D eigenvalue weighted by Crippen LogP contribution is 2.27. The summed E-state index contributed by atoms with van der Waals surface area (Å²) in [6, 6.07) is 4.13. The van der Waals surface area contributed by atoms with Crippen LogP contribution in [0, 0.1) is 0 Å². The van der Waals surface area contributed by atoms with Gasteiger partial charge < -0.3 is 5.32 Å². The average molecular weight is 324 g/mol. The van der Waals surface area contributed by atoms with Crippen LogP contribution in [0.4, 0.5) is 23.7 Å². The Labute approximate surface area is 121 Å². The molecule has 0 spiro atoms. The number of halogens is 5. The fourth-order valence-corrected chi connectivity index (χ4v) is 1.64. The molecule has 0 aliphatic carbocycles. The van der Waals surface area contributed by atoms with E-state index in [0.29, 0.717) is 15.8 Å². The first kappa shape index (κ1) is 14.7. The van der Waals surface area contributed by atoms with Crippen molar-refractivity contribution >= 4 is 34.9 Å². The van der Waals surface area contributed by atoms with Crippen molar-refractivity contribution in [3.8, 4) is 0 Å². The van der Waals surface area contributed by atoms with E-state index in [-0.39, 0.29) is 10.7 Å². The molecule has 0 bridgehead atoms. The van der Waals surface area contributed by atoms with E-state index in [1.54, 1.807) is 0 Å². The van der Waals surface area contributed by atoms with Gasteiger partial charge >= 0.3 is 12.2 Å². The first-order valence-corrected chi connectivity index (χ1v) is 5.92. The number of hydrogen-bond acceptors (Lipinski definition) is 2. The number of nitrogens with zero attached hydrogens (tertiary/aromatic N) is 2. The zero-order valence-corrected chi connectivity index (χ0v) is 11.1. The Bertz CT molecular complexity index is 655. The molecule has 0 saturated carbocycles. The molecule has 1 aromatic carbocycles. The van der Waals surface area contributed by atoms with E-state index in [2.05, 4.69) is 10.4 Å². The van der Waals surface area contributed by atoms with Gasteiger partial charge in [0.15, 0.2) is 5.69 Å². The lowest BCUT2D eigenvalue weighted by Gasteiger charge is -2.06. The quantitative estimate of drug-likeness (QED) is 0.851. The Morgan fingerprint density at radius 2 is 1.90 bits per heavy atom. The average Bonchev–Trinajstić information content (AvgIpc) is 2.83. The van der Waals surface area contributed by atoms with Crippen molar-refractivity contribution in [1.82, 2.24) is 9.78 Å². The van der Waals surface area contributed by atoms with Crippen molar-refractivity contribution in [1.29, 1.82) is 0 Å². The van der Waals surface area contributed by atoms with E-state index in [1.807, 2.05) is 0 Å². The second-order valence-electron chi connectivity index (χ2n) is 3.70. The van der Waals surface area contributed by atoms with Crippen LogP contribution in [-0.4, -0.2) is 15.8 Å². The fourth-order valence-electron chi connectivity index (χ4n) is 1.34.